The van der Waals surface area contributed by atoms with E-state index in [4.69, 9.17) is 0 Å². The van der Waals surface area contributed by atoms with Gasteiger partial charge in [0.05, 0.1) is 12.1 Å². The van der Waals surface area contributed by atoms with Crippen molar-refractivity contribution < 1.29 is 29.4 Å². The van der Waals surface area contributed by atoms with Crippen LogP contribution in [0.4, 0.5) is 0 Å². The van der Waals surface area contributed by atoms with E-state index >= 15 is 0 Å². The summed E-state index contributed by atoms with van der Waals surface area (Å²) in [7, 11) is 0. The van der Waals surface area contributed by atoms with Gasteiger partial charge in [-0.3, -0.25) is 28.8 Å². The van der Waals surface area contributed by atoms with Gasteiger partial charge in [0.2, 0.25) is 23.6 Å². The zero-order valence-corrected chi connectivity index (χ0v) is 41.4. The van der Waals surface area contributed by atoms with Gasteiger partial charge in [0.15, 0.2) is 0 Å². The maximum atomic E-state index is 14.1. The second-order valence-corrected chi connectivity index (χ2v) is 21.4. The molecule has 6 aliphatic heterocycles. The number of carbonyl (C=O) groups excluding carboxylic acids is 4. The Labute approximate surface area is 420 Å². The molecule has 2 N–H and O–H groups in total. The minimum absolute atomic E-state index is 0.00129. The number of benzene rings is 2. The van der Waals surface area contributed by atoms with Crippen LogP contribution in [0.25, 0.3) is 12.2 Å². The Morgan fingerprint density at radius 3 is 1.28 bits per heavy atom. The van der Waals surface area contributed by atoms with Crippen molar-refractivity contribution in [2.45, 2.75) is 116 Å². The van der Waals surface area contributed by atoms with Gasteiger partial charge in [-0.25, -0.2) is 0 Å². The van der Waals surface area contributed by atoms with Crippen LogP contribution >= 0.6 is 0 Å². The third-order valence-electron chi connectivity index (χ3n) is 17.7. The fraction of sp³-hybridized carbons (Fsp3) is 0.483. The van der Waals surface area contributed by atoms with Gasteiger partial charge in [-0.2, -0.15) is 0 Å². The number of aromatic nitrogens is 2. The molecule has 14 heteroatoms. The average Bonchev–Trinajstić information content (AvgIpc) is 4.11. The topological polar surface area (TPSA) is 166 Å². The third-order valence-corrected chi connectivity index (χ3v) is 17.7. The van der Waals surface area contributed by atoms with Gasteiger partial charge in [0, 0.05) is 111 Å². The molecule has 2 aromatic heterocycles. The summed E-state index contributed by atoms with van der Waals surface area (Å²) in [6.45, 7) is 6.45. The number of nitrogens with zero attached hydrogens (tertiary/aromatic N) is 6. The Bertz CT molecular complexity index is 2790. The first-order valence-electron chi connectivity index (χ1n) is 26.4. The number of amides is 4. The SMILES string of the molecule is C/C=C/c1ccc2n(c1=O)C[C@@H]1[C@@H](CO)[C@H](C(=O)N3CCc4ccccc4C3)N(C(=O)C3CCC3)[C@H]21.C/C=C\c1ccc2n(c1=O)C[C@@H]1[C@@H](CO)[C@H](C(=O)N3CCc4ccccc4C3)N(C(=O)C3CCC3)[C@H]21. The smallest absolute Gasteiger partial charge is 0.258 e. The first-order valence-corrected chi connectivity index (χ1v) is 26.4. The van der Waals surface area contributed by atoms with Crippen molar-refractivity contribution >= 4 is 35.8 Å². The highest BCUT2D eigenvalue weighted by Gasteiger charge is 2.60. The number of allylic oxidation sites excluding steroid dienone is 2. The molecule has 8 aliphatic rings. The Hall–Kier alpha value is -6.38. The largest absolute Gasteiger partial charge is 0.396 e. The average molecular weight is 975 g/mol. The summed E-state index contributed by atoms with van der Waals surface area (Å²) < 4.78 is 3.51. The van der Waals surface area contributed by atoms with Gasteiger partial charge in [-0.15, -0.1) is 0 Å². The summed E-state index contributed by atoms with van der Waals surface area (Å²) in [5.41, 5.74) is 7.42. The first kappa shape index (κ1) is 47.9. The zero-order chi connectivity index (χ0) is 49.9. The van der Waals surface area contributed by atoms with Crippen LogP contribution in [0.15, 0.2) is 94.5 Å². The van der Waals surface area contributed by atoms with Crippen LogP contribution in [0.2, 0.25) is 0 Å². The van der Waals surface area contributed by atoms with E-state index in [1.54, 1.807) is 31.1 Å². The summed E-state index contributed by atoms with van der Waals surface area (Å²) in [4.78, 5) is 89.7. The van der Waals surface area contributed by atoms with Crippen LogP contribution in [0.3, 0.4) is 0 Å². The van der Waals surface area contributed by atoms with E-state index in [9.17, 15) is 39.0 Å². The molecule has 8 atom stereocenters. The van der Waals surface area contributed by atoms with Crippen LogP contribution in [-0.2, 0) is 58.2 Å². The van der Waals surface area contributed by atoms with E-state index in [0.29, 0.717) is 50.4 Å². The molecule has 2 aromatic carbocycles. The molecule has 2 aliphatic carbocycles. The Morgan fingerprint density at radius 2 is 0.931 bits per heavy atom. The molecule has 2 saturated heterocycles. The highest BCUT2D eigenvalue weighted by molar-refractivity contribution is 5.92. The van der Waals surface area contributed by atoms with Crippen molar-refractivity contribution in [3.8, 4) is 0 Å². The van der Waals surface area contributed by atoms with Crippen LogP contribution in [0.1, 0.15) is 109 Å². The van der Waals surface area contributed by atoms with E-state index in [1.165, 1.54) is 11.1 Å². The maximum Gasteiger partial charge on any atom is 0.258 e. The summed E-state index contributed by atoms with van der Waals surface area (Å²) >= 11 is 0. The van der Waals surface area contributed by atoms with Crippen LogP contribution < -0.4 is 11.1 Å². The quantitative estimate of drug-likeness (QED) is 0.233. The van der Waals surface area contributed by atoms with Crippen molar-refractivity contribution in [1.29, 1.82) is 0 Å². The van der Waals surface area contributed by atoms with E-state index in [0.717, 1.165) is 73.9 Å². The summed E-state index contributed by atoms with van der Waals surface area (Å²) in [5.74, 6) is -1.47. The molecule has 376 valence electrons. The summed E-state index contributed by atoms with van der Waals surface area (Å²) in [6.07, 6.45) is 14.2. The van der Waals surface area contributed by atoms with Gasteiger partial charge < -0.3 is 38.9 Å². The van der Waals surface area contributed by atoms with Gasteiger partial charge in [0.25, 0.3) is 11.1 Å². The molecule has 2 saturated carbocycles. The number of likely N-dealkylation sites (tertiary alicyclic amines) is 2. The highest BCUT2D eigenvalue weighted by Crippen LogP contribution is 2.53. The predicted molar refractivity (Wildman–Crippen MR) is 272 cm³/mol. The fourth-order valence-electron chi connectivity index (χ4n) is 13.5. The molecule has 4 aromatic rings. The van der Waals surface area contributed by atoms with E-state index in [2.05, 4.69) is 24.3 Å². The number of aliphatic hydroxyl groups is 2. The van der Waals surface area contributed by atoms with Crippen LogP contribution in [0, 0.1) is 35.5 Å². The standard InChI is InChI=1S/2C29H33N3O4/c2*1-2-6-19-11-12-24-25-22(16-31(24)27(19)34)23(17-33)26(32(25)28(35)20-9-5-10-20)29(36)30-14-13-18-7-3-4-8-21(18)15-30/h2*2-4,6-8,11-12,20,22-23,25-26,33H,5,9-10,13-17H2,1H3/b6-2+;6-2-/t2*22-,23-,25+,26-/m11/s1. The lowest BCUT2D eigenvalue weighted by Gasteiger charge is -2.39. The second-order valence-electron chi connectivity index (χ2n) is 21.4. The molecule has 14 nitrogen and oxygen atoms in total. The minimum atomic E-state index is -0.706. The first-order chi connectivity index (χ1) is 35.1. The molecule has 8 heterocycles. The molecule has 72 heavy (non-hydrogen) atoms. The number of hydrogen-bond acceptors (Lipinski definition) is 8. The zero-order valence-electron chi connectivity index (χ0n) is 41.4. The number of hydrogen-bond donors (Lipinski definition) is 2. The lowest BCUT2D eigenvalue weighted by Crippen LogP contribution is -2.54. The molecule has 0 radical (unpaired) electrons. The lowest BCUT2D eigenvalue weighted by molar-refractivity contribution is -0.151. The number of carbonyl (C=O) groups is 4. The Morgan fingerprint density at radius 1 is 0.542 bits per heavy atom. The molecule has 12 rings (SSSR count). The third kappa shape index (κ3) is 7.91. The van der Waals surface area contributed by atoms with Gasteiger partial charge in [-0.05, 0) is 98.9 Å². The van der Waals surface area contributed by atoms with Crippen molar-refractivity contribution in [2.24, 2.45) is 35.5 Å². The number of fused-ring (bicyclic) bond motifs is 8. The Kier molecular flexibility index (Phi) is 13.0. The molecule has 4 fully saturated rings. The minimum Gasteiger partial charge on any atom is -0.396 e. The second kappa shape index (κ2) is 19.6. The lowest BCUT2D eigenvalue weighted by atomic mass is 9.83. The van der Waals surface area contributed by atoms with Crippen molar-refractivity contribution in [3.05, 3.63) is 150 Å². The normalized spacial score (nSPS) is 27.1. The Balaban J connectivity index is 0.000000156. The molecule has 4 amide bonds. The fourth-order valence-corrected chi connectivity index (χ4v) is 13.5. The maximum absolute atomic E-state index is 14.1. The predicted octanol–water partition coefficient (Wildman–Crippen LogP) is 5.51. The van der Waals surface area contributed by atoms with E-state index in [1.807, 2.05) is 84.3 Å². The van der Waals surface area contributed by atoms with E-state index < -0.39 is 23.9 Å². The molecule has 0 unspecified atom stereocenters. The summed E-state index contributed by atoms with van der Waals surface area (Å²) in [6, 6.07) is 21.7. The van der Waals surface area contributed by atoms with E-state index in [-0.39, 0.29) is 83.7 Å². The van der Waals surface area contributed by atoms with Crippen molar-refractivity contribution in [2.75, 3.05) is 26.3 Å². The highest BCUT2D eigenvalue weighted by atomic mass is 16.3. The van der Waals surface area contributed by atoms with Gasteiger partial charge in [-0.1, -0.05) is 85.7 Å². The van der Waals surface area contributed by atoms with Crippen molar-refractivity contribution in [1.82, 2.24) is 28.7 Å². The van der Waals surface area contributed by atoms with Crippen LogP contribution in [0.5, 0.6) is 0 Å². The van der Waals surface area contributed by atoms with Gasteiger partial charge >= 0.3 is 0 Å². The molecular formula is C58H66N6O8. The summed E-state index contributed by atoms with van der Waals surface area (Å²) in [5, 5.41) is 21.2. The number of pyridine rings is 2. The van der Waals surface area contributed by atoms with Crippen molar-refractivity contribution in [3.63, 3.8) is 0 Å². The number of rotatable bonds is 8. The van der Waals surface area contributed by atoms with Crippen LogP contribution in [-0.4, -0.2) is 101 Å². The monoisotopic (exact) mass is 974 g/mol. The van der Waals surface area contributed by atoms with Gasteiger partial charge in [0.1, 0.15) is 12.1 Å². The number of aliphatic hydroxyl groups excluding tert-OH is 2. The molecule has 0 spiro atoms. The molecule has 0 bridgehead atoms. The molecular weight excluding hydrogens is 909 g/mol.